The van der Waals surface area contributed by atoms with Gasteiger partial charge in [-0.25, -0.2) is 0 Å². The first-order chi connectivity index (χ1) is 13.8. The van der Waals surface area contributed by atoms with E-state index < -0.39 is 23.8 Å². The van der Waals surface area contributed by atoms with Gasteiger partial charge in [-0.3, -0.25) is 9.59 Å². The van der Waals surface area contributed by atoms with Crippen molar-refractivity contribution >= 4 is 11.9 Å². The van der Waals surface area contributed by atoms with Crippen LogP contribution in [-0.4, -0.2) is 22.2 Å². The minimum absolute atomic E-state index is 0.468. The first kappa shape index (κ1) is 28.9. The van der Waals surface area contributed by atoms with Gasteiger partial charge in [0.05, 0.1) is 11.8 Å². The molecule has 178 valence electrons. The summed E-state index contributed by atoms with van der Waals surface area (Å²) in [6.45, 7) is 17.6. The van der Waals surface area contributed by atoms with E-state index >= 15 is 0 Å². The first-order valence-electron chi connectivity index (χ1n) is 12.3. The van der Waals surface area contributed by atoms with Crippen molar-refractivity contribution in [3.8, 4) is 0 Å². The highest BCUT2D eigenvalue weighted by molar-refractivity contribution is 5.79. The average molecular weight is 427 g/mol. The quantitative estimate of drug-likeness (QED) is 0.255. The predicted molar refractivity (Wildman–Crippen MR) is 126 cm³/mol. The van der Waals surface area contributed by atoms with Gasteiger partial charge in [0.15, 0.2) is 0 Å². The number of aliphatic carboxylic acids is 2. The number of hydrogen-bond donors (Lipinski definition) is 2. The van der Waals surface area contributed by atoms with Crippen molar-refractivity contribution in [2.24, 2.45) is 47.3 Å². The summed E-state index contributed by atoms with van der Waals surface area (Å²) in [6.07, 6.45) is 6.85. The molecule has 30 heavy (non-hydrogen) atoms. The molecule has 4 nitrogen and oxygen atoms in total. The molecule has 0 bridgehead atoms. The molecule has 0 fully saturated rings. The fourth-order valence-electron chi connectivity index (χ4n) is 5.15. The van der Waals surface area contributed by atoms with Gasteiger partial charge in [0.1, 0.15) is 0 Å². The molecule has 0 saturated carbocycles. The fourth-order valence-corrected chi connectivity index (χ4v) is 5.15. The smallest absolute Gasteiger partial charge is 0.307 e. The number of carboxylic acids is 2. The van der Waals surface area contributed by atoms with Crippen molar-refractivity contribution in [1.29, 1.82) is 0 Å². The molecule has 0 radical (unpaired) electrons. The lowest BCUT2D eigenvalue weighted by Crippen LogP contribution is -2.31. The van der Waals surface area contributed by atoms with E-state index in [1.54, 1.807) is 0 Å². The van der Waals surface area contributed by atoms with Crippen molar-refractivity contribution in [2.75, 3.05) is 0 Å². The lowest BCUT2D eigenvalue weighted by atomic mass is 9.77. The Balaban J connectivity index is 5.20. The number of hydrogen-bond acceptors (Lipinski definition) is 2. The Labute approximate surface area is 186 Å². The van der Waals surface area contributed by atoms with Crippen LogP contribution in [0, 0.1) is 47.3 Å². The molecule has 0 amide bonds. The van der Waals surface area contributed by atoms with Gasteiger partial charge in [0, 0.05) is 0 Å². The van der Waals surface area contributed by atoms with Crippen molar-refractivity contribution < 1.29 is 19.8 Å². The third-order valence-electron chi connectivity index (χ3n) is 6.11. The molecule has 4 heteroatoms. The molecule has 2 atom stereocenters. The Hall–Kier alpha value is -1.06. The maximum absolute atomic E-state index is 12.0. The second-order valence-corrected chi connectivity index (χ2v) is 11.3. The molecule has 0 spiro atoms. The molecule has 2 unspecified atom stereocenters. The highest BCUT2D eigenvalue weighted by Crippen LogP contribution is 2.33. The van der Waals surface area contributed by atoms with Crippen LogP contribution in [0.3, 0.4) is 0 Å². The van der Waals surface area contributed by atoms with Gasteiger partial charge in [-0.1, -0.05) is 55.4 Å². The summed E-state index contributed by atoms with van der Waals surface area (Å²) in [4.78, 5) is 24.1. The summed E-state index contributed by atoms with van der Waals surface area (Å²) in [5, 5.41) is 19.7. The van der Waals surface area contributed by atoms with Crippen LogP contribution in [0.15, 0.2) is 0 Å². The van der Waals surface area contributed by atoms with Gasteiger partial charge in [-0.05, 0) is 86.9 Å². The van der Waals surface area contributed by atoms with Crippen LogP contribution < -0.4 is 0 Å². The van der Waals surface area contributed by atoms with E-state index in [2.05, 4.69) is 55.4 Å². The van der Waals surface area contributed by atoms with Crippen LogP contribution in [0.5, 0.6) is 0 Å². The minimum Gasteiger partial charge on any atom is -0.481 e. The Bertz CT molecular complexity index is 417. The molecular weight excluding hydrogens is 376 g/mol. The lowest BCUT2D eigenvalue weighted by Gasteiger charge is -2.27. The molecule has 0 rings (SSSR count). The van der Waals surface area contributed by atoms with Crippen LogP contribution in [0.4, 0.5) is 0 Å². The summed E-state index contributed by atoms with van der Waals surface area (Å²) < 4.78 is 0. The molecule has 0 aliphatic carbocycles. The minimum atomic E-state index is -0.945. The lowest BCUT2D eigenvalue weighted by molar-refractivity contribution is -0.154. The Morgan fingerprint density at radius 3 is 0.900 bits per heavy atom. The third kappa shape index (κ3) is 13.3. The van der Waals surface area contributed by atoms with Crippen LogP contribution >= 0.6 is 0 Å². The summed E-state index contributed by atoms with van der Waals surface area (Å²) in [6, 6.07) is 0. The molecule has 0 aliphatic rings. The summed E-state index contributed by atoms with van der Waals surface area (Å²) >= 11 is 0. The molecule has 2 N–H and O–H groups in total. The summed E-state index contributed by atoms with van der Waals surface area (Å²) in [7, 11) is 0. The van der Waals surface area contributed by atoms with Gasteiger partial charge < -0.3 is 10.2 Å². The molecule has 0 aromatic carbocycles. The van der Waals surface area contributed by atoms with Crippen LogP contribution in [-0.2, 0) is 9.59 Å². The van der Waals surface area contributed by atoms with Gasteiger partial charge in [0.25, 0.3) is 0 Å². The van der Waals surface area contributed by atoms with Crippen molar-refractivity contribution in [3.05, 3.63) is 0 Å². The zero-order chi connectivity index (χ0) is 23.4. The monoisotopic (exact) mass is 426 g/mol. The van der Waals surface area contributed by atoms with Gasteiger partial charge in [-0.15, -0.1) is 0 Å². The summed E-state index contributed by atoms with van der Waals surface area (Å²) in [5.74, 6) is -0.252. The Morgan fingerprint density at radius 2 is 0.733 bits per heavy atom. The second kappa shape index (κ2) is 14.9. The molecule has 0 aliphatic heterocycles. The molecule has 0 saturated heterocycles. The van der Waals surface area contributed by atoms with Gasteiger partial charge in [0.2, 0.25) is 0 Å². The third-order valence-corrected chi connectivity index (χ3v) is 6.11. The fraction of sp³-hybridized carbons (Fsp3) is 0.923. The van der Waals surface area contributed by atoms with Gasteiger partial charge >= 0.3 is 11.9 Å². The predicted octanol–water partition coefficient (Wildman–Crippen LogP) is 7.37. The standard InChI is InChI=1S/C26H50O4/c1-17(2)13-21(14-18(3)4)9-11-23(25(27)28)24(26(29)30)12-10-22(15-19(5)6)16-20(7)8/h17-24H,9-16H2,1-8H3,(H,27,28)(H,29,30). The molecule has 0 heterocycles. The van der Waals surface area contributed by atoms with E-state index in [1.165, 1.54) is 0 Å². The number of rotatable bonds is 17. The normalized spacial score (nSPS) is 14.5. The van der Waals surface area contributed by atoms with Crippen molar-refractivity contribution in [3.63, 3.8) is 0 Å². The SMILES string of the molecule is CC(C)CC(CCC(C(=O)O)C(CCC(CC(C)C)CC(C)C)C(=O)O)CC(C)C. The first-order valence-corrected chi connectivity index (χ1v) is 12.3. The van der Waals surface area contributed by atoms with E-state index in [0.717, 1.165) is 38.5 Å². The van der Waals surface area contributed by atoms with Crippen molar-refractivity contribution in [2.45, 2.75) is 107 Å². The average Bonchev–Trinajstić information content (AvgIpc) is 2.54. The summed E-state index contributed by atoms with van der Waals surface area (Å²) in [5.41, 5.74) is 0. The van der Waals surface area contributed by atoms with Gasteiger partial charge in [-0.2, -0.15) is 0 Å². The van der Waals surface area contributed by atoms with E-state index in [1.807, 2.05) is 0 Å². The highest BCUT2D eigenvalue weighted by Gasteiger charge is 2.34. The second-order valence-electron chi connectivity index (χ2n) is 11.3. The van der Waals surface area contributed by atoms with Crippen LogP contribution in [0.1, 0.15) is 107 Å². The van der Waals surface area contributed by atoms with E-state index in [-0.39, 0.29) is 0 Å². The van der Waals surface area contributed by atoms with E-state index in [9.17, 15) is 19.8 Å². The van der Waals surface area contributed by atoms with E-state index in [0.29, 0.717) is 48.3 Å². The maximum atomic E-state index is 12.0. The largest absolute Gasteiger partial charge is 0.481 e. The Morgan fingerprint density at radius 1 is 0.500 bits per heavy atom. The number of carboxylic acid groups (broad SMARTS) is 2. The maximum Gasteiger partial charge on any atom is 0.307 e. The molecule has 0 aromatic rings. The van der Waals surface area contributed by atoms with Crippen LogP contribution in [0.2, 0.25) is 0 Å². The zero-order valence-electron chi connectivity index (χ0n) is 21.0. The van der Waals surface area contributed by atoms with Crippen molar-refractivity contribution in [1.82, 2.24) is 0 Å². The zero-order valence-corrected chi connectivity index (χ0v) is 21.0. The van der Waals surface area contributed by atoms with E-state index in [4.69, 9.17) is 0 Å². The topological polar surface area (TPSA) is 74.6 Å². The highest BCUT2D eigenvalue weighted by atomic mass is 16.4. The van der Waals surface area contributed by atoms with Crippen LogP contribution in [0.25, 0.3) is 0 Å². The molecule has 0 aromatic heterocycles. The Kier molecular flexibility index (Phi) is 14.3. The number of carbonyl (C=O) groups is 2. The molecular formula is C26H50O4.